The summed E-state index contributed by atoms with van der Waals surface area (Å²) in [6, 6.07) is 0. The highest BCUT2D eigenvalue weighted by molar-refractivity contribution is 5.81. The van der Waals surface area contributed by atoms with Gasteiger partial charge in [-0.15, -0.1) is 0 Å². The van der Waals surface area contributed by atoms with Crippen molar-refractivity contribution in [1.82, 2.24) is 0 Å². The van der Waals surface area contributed by atoms with E-state index in [9.17, 15) is 4.79 Å². The molecule has 1 N–H and O–H groups in total. The van der Waals surface area contributed by atoms with Gasteiger partial charge in [-0.2, -0.15) is 0 Å². The zero-order valence-electron chi connectivity index (χ0n) is 7.34. The fourth-order valence-electron chi connectivity index (χ4n) is 1.48. The predicted octanol–water partition coefficient (Wildman–Crippen LogP) is -0.606. The van der Waals surface area contributed by atoms with Crippen molar-refractivity contribution < 1.29 is 14.4 Å². The van der Waals surface area contributed by atoms with Gasteiger partial charge in [0.1, 0.15) is 13.2 Å². The molecular weight excluding hydrogens is 154 g/mol. The molecule has 68 valence electrons. The first-order chi connectivity index (χ1) is 5.83. The van der Waals surface area contributed by atoms with Crippen LogP contribution in [0, 0.1) is 0 Å². The Labute approximate surface area is 73.0 Å². The summed E-state index contributed by atoms with van der Waals surface area (Å²) in [5.41, 5.74) is 0. The number of ether oxygens (including phenoxy) is 1. The minimum Gasteiger partial charge on any atom is -0.457 e. The summed E-state index contributed by atoms with van der Waals surface area (Å²) in [7, 11) is 0. The average molecular weight is 170 g/mol. The summed E-state index contributed by atoms with van der Waals surface area (Å²) in [5, 5.41) is 0. The largest absolute Gasteiger partial charge is 0.457 e. The molecule has 0 amide bonds. The zero-order chi connectivity index (χ0) is 8.81. The van der Waals surface area contributed by atoms with E-state index in [1.165, 1.54) is 32.0 Å². The Kier molecular flexibility index (Phi) is 3.80. The van der Waals surface area contributed by atoms with Gasteiger partial charge in [-0.05, 0) is 0 Å². The summed E-state index contributed by atoms with van der Waals surface area (Å²) >= 11 is 0. The monoisotopic (exact) mass is 170 g/mol. The maximum Gasteiger partial charge on any atom is 0.330 e. The van der Waals surface area contributed by atoms with Gasteiger partial charge >= 0.3 is 5.97 Å². The van der Waals surface area contributed by atoms with E-state index < -0.39 is 0 Å². The summed E-state index contributed by atoms with van der Waals surface area (Å²) < 4.78 is 4.88. The van der Waals surface area contributed by atoms with Gasteiger partial charge in [0.2, 0.25) is 0 Å². The average Bonchev–Trinajstić information content (AvgIpc) is 2.57. The van der Waals surface area contributed by atoms with E-state index in [-0.39, 0.29) is 5.97 Å². The summed E-state index contributed by atoms with van der Waals surface area (Å²) in [5.74, 6) is -0.311. The van der Waals surface area contributed by atoms with E-state index in [1.54, 1.807) is 4.90 Å². The Morgan fingerprint density at radius 1 is 1.50 bits per heavy atom. The van der Waals surface area contributed by atoms with Crippen LogP contribution in [0.4, 0.5) is 0 Å². The van der Waals surface area contributed by atoms with Crippen molar-refractivity contribution in [3.05, 3.63) is 12.7 Å². The number of likely N-dealkylation sites (tertiary alicyclic amines) is 1. The maximum atomic E-state index is 10.6. The molecule has 0 bridgehead atoms. The normalized spacial score (nSPS) is 17.7. The second-order valence-electron chi connectivity index (χ2n) is 3.08. The highest BCUT2D eigenvalue weighted by Gasteiger charge is 2.14. The molecule has 1 fully saturated rings. The van der Waals surface area contributed by atoms with E-state index in [2.05, 4.69) is 6.58 Å². The number of esters is 1. The molecule has 0 saturated carbocycles. The number of hydrogen-bond donors (Lipinski definition) is 1. The molecule has 0 aromatic heterocycles. The van der Waals surface area contributed by atoms with Crippen LogP contribution in [-0.2, 0) is 9.53 Å². The lowest BCUT2D eigenvalue weighted by molar-refractivity contribution is -0.887. The van der Waals surface area contributed by atoms with Crippen molar-refractivity contribution in [2.75, 3.05) is 26.2 Å². The van der Waals surface area contributed by atoms with Crippen LogP contribution in [0.1, 0.15) is 12.8 Å². The molecule has 1 aliphatic heterocycles. The van der Waals surface area contributed by atoms with Crippen LogP contribution in [0.25, 0.3) is 0 Å². The SMILES string of the molecule is C=CC(=O)OCC[NH+]1CCCC1. The molecule has 0 radical (unpaired) electrons. The molecule has 0 atom stereocenters. The molecule has 0 aromatic rings. The highest BCUT2D eigenvalue weighted by atomic mass is 16.5. The molecule has 0 unspecified atom stereocenters. The number of carbonyl (C=O) groups excluding carboxylic acids is 1. The van der Waals surface area contributed by atoms with E-state index >= 15 is 0 Å². The molecule has 0 aromatic carbocycles. The van der Waals surface area contributed by atoms with Gasteiger partial charge in [0.05, 0.1) is 13.1 Å². The second-order valence-corrected chi connectivity index (χ2v) is 3.08. The van der Waals surface area contributed by atoms with Crippen molar-refractivity contribution in [3.8, 4) is 0 Å². The number of carbonyl (C=O) groups is 1. The van der Waals surface area contributed by atoms with Gasteiger partial charge in [-0.1, -0.05) is 6.58 Å². The molecule has 0 aliphatic carbocycles. The summed E-state index contributed by atoms with van der Waals surface area (Å²) in [4.78, 5) is 12.2. The molecule has 1 aliphatic rings. The lowest BCUT2D eigenvalue weighted by atomic mass is 10.4. The fourth-order valence-corrected chi connectivity index (χ4v) is 1.48. The molecule has 1 rings (SSSR count). The Bertz CT molecular complexity index is 162. The maximum absolute atomic E-state index is 10.6. The summed E-state index contributed by atoms with van der Waals surface area (Å²) in [6.45, 7) is 7.26. The van der Waals surface area contributed by atoms with E-state index in [0.717, 1.165) is 6.54 Å². The lowest BCUT2D eigenvalue weighted by Crippen LogP contribution is -3.10. The van der Waals surface area contributed by atoms with Crippen LogP contribution in [0.5, 0.6) is 0 Å². The topological polar surface area (TPSA) is 30.7 Å². The standard InChI is InChI=1S/C9H15NO2/c1-2-9(11)12-8-7-10-5-3-4-6-10/h2H,1,3-8H2/p+1. The van der Waals surface area contributed by atoms with Crippen molar-refractivity contribution in [3.63, 3.8) is 0 Å². The Hall–Kier alpha value is -0.830. The number of rotatable bonds is 4. The van der Waals surface area contributed by atoms with Crippen LogP contribution < -0.4 is 4.90 Å². The quantitative estimate of drug-likeness (QED) is 0.451. The highest BCUT2D eigenvalue weighted by Crippen LogP contribution is 1.87. The Morgan fingerprint density at radius 2 is 2.17 bits per heavy atom. The molecule has 1 saturated heterocycles. The Morgan fingerprint density at radius 3 is 2.75 bits per heavy atom. The minimum absolute atomic E-state index is 0.311. The summed E-state index contributed by atoms with van der Waals surface area (Å²) in [6.07, 6.45) is 3.83. The van der Waals surface area contributed by atoms with Crippen molar-refractivity contribution in [1.29, 1.82) is 0 Å². The predicted molar refractivity (Wildman–Crippen MR) is 46.0 cm³/mol. The van der Waals surface area contributed by atoms with Gasteiger partial charge in [-0.3, -0.25) is 0 Å². The van der Waals surface area contributed by atoms with Crippen molar-refractivity contribution >= 4 is 5.97 Å². The van der Waals surface area contributed by atoms with Crippen LogP contribution in [0.15, 0.2) is 12.7 Å². The van der Waals surface area contributed by atoms with Gasteiger partial charge in [0.15, 0.2) is 0 Å². The zero-order valence-corrected chi connectivity index (χ0v) is 7.34. The first-order valence-corrected chi connectivity index (χ1v) is 4.45. The third kappa shape index (κ3) is 3.05. The first-order valence-electron chi connectivity index (χ1n) is 4.45. The number of hydrogen-bond acceptors (Lipinski definition) is 2. The molecular formula is C9H16NO2+. The number of quaternary nitrogens is 1. The van der Waals surface area contributed by atoms with Crippen molar-refractivity contribution in [2.45, 2.75) is 12.8 Å². The van der Waals surface area contributed by atoms with Crippen molar-refractivity contribution in [2.24, 2.45) is 0 Å². The molecule has 1 heterocycles. The van der Waals surface area contributed by atoms with Gasteiger partial charge in [0.25, 0.3) is 0 Å². The van der Waals surface area contributed by atoms with E-state index in [0.29, 0.717) is 6.61 Å². The first kappa shape index (κ1) is 9.26. The molecule has 12 heavy (non-hydrogen) atoms. The number of nitrogens with one attached hydrogen (secondary N) is 1. The fraction of sp³-hybridized carbons (Fsp3) is 0.667. The Balaban J connectivity index is 2.01. The van der Waals surface area contributed by atoms with Gasteiger partial charge < -0.3 is 9.64 Å². The van der Waals surface area contributed by atoms with Crippen LogP contribution >= 0.6 is 0 Å². The van der Waals surface area contributed by atoms with Gasteiger partial charge in [0, 0.05) is 18.9 Å². The third-order valence-electron chi connectivity index (χ3n) is 2.18. The van der Waals surface area contributed by atoms with Gasteiger partial charge in [-0.25, -0.2) is 4.79 Å². The third-order valence-corrected chi connectivity index (χ3v) is 2.18. The second kappa shape index (κ2) is 4.93. The van der Waals surface area contributed by atoms with Crippen LogP contribution in [-0.4, -0.2) is 32.2 Å². The smallest absolute Gasteiger partial charge is 0.330 e. The lowest BCUT2D eigenvalue weighted by Gasteiger charge is -2.10. The van der Waals surface area contributed by atoms with Crippen LogP contribution in [0.3, 0.4) is 0 Å². The minimum atomic E-state index is -0.311. The molecule has 3 heteroatoms. The van der Waals surface area contributed by atoms with Crippen LogP contribution in [0.2, 0.25) is 0 Å². The molecule has 3 nitrogen and oxygen atoms in total. The molecule has 0 spiro atoms. The van der Waals surface area contributed by atoms with E-state index in [1.807, 2.05) is 0 Å². The van der Waals surface area contributed by atoms with E-state index in [4.69, 9.17) is 4.74 Å².